The van der Waals surface area contributed by atoms with E-state index in [1.165, 1.54) is 0 Å². The number of hydrogen-bond donors (Lipinski definition) is 1. The molecule has 0 radical (unpaired) electrons. The molecule has 1 aromatic carbocycles. The minimum Gasteiger partial charge on any atom is -0.495 e. The van der Waals surface area contributed by atoms with E-state index < -0.39 is 0 Å². The summed E-state index contributed by atoms with van der Waals surface area (Å²) < 4.78 is 10.9. The number of amides is 1. The highest BCUT2D eigenvalue weighted by molar-refractivity contribution is 14.0. The van der Waals surface area contributed by atoms with Gasteiger partial charge in [0.25, 0.3) is 0 Å². The second-order valence-corrected chi connectivity index (χ2v) is 7.33. The third kappa shape index (κ3) is 7.05. The van der Waals surface area contributed by atoms with Crippen molar-refractivity contribution >= 4 is 41.5 Å². The van der Waals surface area contributed by atoms with Gasteiger partial charge in [0.05, 0.1) is 19.1 Å². The lowest BCUT2D eigenvalue weighted by Gasteiger charge is -2.38. The molecule has 1 aliphatic rings. The van der Waals surface area contributed by atoms with Gasteiger partial charge in [-0.15, -0.1) is 24.0 Å². The molecular weight excluding hydrogens is 509 g/mol. The normalized spacial score (nSPS) is 14.1. The Morgan fingerprint density at radius 2 is 1.90 bits per heavy atom. The molecule has 8 nitrogen and oxygen atoms in total. The van der Waals surface area contributed by atoms with Crippen LogP contribution in [0.5, 0.6) is 5.75 Å². The van der Waals surface area contributed by atoms with E-state index in [4.69, 9.17) is 9.15 Å². The number of halogens is 1. The zero-order chi connectivity index (χ0) is 21.3. The minimum atomic E-state index is -0.0204. The van der Waals surface area contributed by atoms with Crippen LogP contribution in [0.15, 0.2) is 52.1 Å². The van der Waals surface area contributed by atoms with Crippen molar-refractivity contribution in [1.29, 1.82) is 0 Å². The third-order valence-corrected chi connectivity index (χ3v) is 5.10. The molecule has 9 heteroatoms. The van der Waals surface area contributed by atoms with Gasteiger partial charge in [-0.05, 0) is 24.3 Å². The number of guanidine groups is 1. The maximum Gasteiger partial charge on any atom is 0.243 e. The van der Waals surface area contributed by atoms with Crippen LogP contribution in [0, 0.1) is 0 Å². The van der Waals surface area contributed by atoms with Gasteiger partial charge in [0.2, 0.25) is 5.91 Å². The number of anilines is 1. The molecule has 0 aliphatic carbocycles. The second-order valence-electron chi connectivity index (χ2n) is 7.33. The van der Waals surface area contributed by atoms with Crippen molar-refractivity contribution in [2.24, 2.45) is 4.99 Å². The number of methoxy groups -OCH3 is 1. The summed E-state index contributed by atoms with van der Waals surface area (Å²) in [5.74, 6) is 2.55. The van der Waals surface area contributed by atoms with Crippen molar-refractivity contribution in [3.63, 3.8) is 0 Å². The summed E-state index contributed by atoms with van der Waals surface area (Å²) in [6.07, 6.45) is 2.44. The number of benzene rings is 1. The number of aliphatic imine (C=N–C) groups is 1. The smallest absolute Gasteiger partial charge is 0.243 e. The Labute approximate surface area is 201 Å². The van der Waals surface area contributed by atoms with Crippen LogP contribution in [0.3, 0.4) is 0 Å². The van der Waals surface area contributed by atoms with Gasteiger partial charge in [-0.2, -0.15) is 0 Å². The van der Waals surface area contributed by atoms with Gasteiger partial charge in [-0.1, -0.05) is 12.1 Å². The number of ether oxygens (including phenoxy) is 1. The highest BCUT2D eigenvalue weighted by atomic mass is 127. The van der Waals surface area contributed by atoms with Crippen LogP contribution in [-0.4, -0.2) is 82.1 Å². The second kappa shape index (κ2) is 12.4. The van der Waals surface area contributed by atoms with Crippen molar-refractivity contribution in [3.05, 3.63) is 48.4 Å². The predicted octanol–water partition coefficient (Wildman–Crippen LogP) is 2.30. The minimum absolute atomic E-state index is 0. The van der Waals surface area contributed by atoms with Crippen molar-refractivity contribution in [3.8, 4) is 5.75 Å². The van der Waals surface area contributed by atoms with Crippen LogP contribution in [-0.2, 0) is 11.2 Å². The fourth-order valence-electron chi connectivity index (χ4n) is 3.35. The highest BCUT2D eigenvalue weighted by Crippen LogP contribution is 2.28. The molecule has 1 saturated heterocycles. The van der Waals surface area contributed by atoms with E-state index in [1.807, 2.05) is 30.3 Å². The Kier molecular flexibility index (Phi) is 9.96. The van der Waals surface area contributed by atoms with Crippen LogP contribution in [0.1, 0.15) is 5.76 Å². The first kappa shape index (κ1) is 24.8. The number of likely N-dealkylation sites (N-methyl/N-ethyl adjacent to an activating group) is 1. The molecule has 0 saturated carbocycles. The van der Waals surface area contributed by atoms with Gasteiger partial charge in [0, 0.05) is 53.2 Å². The SMILES string of the molecule is COc1ccccc1N1CCN(C(=NCC(=O)N(C)C)NCCc2ccco2)CC1.I. The first-order valence-corrected chi connectivity index (χ1v) is 10.2. The molecule has 1 N–H and O–H groups in total. The van der Waals surface area contributed by atoms with Crippen LogP contribution in [0.4, 0.5) is 5.69 Å². The number of rotatable bonds is 7. The largest absolute Gasteiger partial charge is 0.495 e. The van der Waals surface area contributed by atoms with Gasteiger partial charge in [0.1, 0.15) is 18.1 Å². The Balaban J connectivity index is 0.00000341. The standard InChI is InChI=1S/C22H31N5O3.HI/c1-25(2)21(28)17-24-22(23-11-10-18-7-6-16-30-18)27-14-12-26(13-15-27)19-8-4-5-9-20(19)29-3;/h4-9,16H,10-15,17H2,1-3H3,(H,23,24);1H. The summed E-state index contributed by atoms with van der Waals surface area (Å²) in [6, 6.07) is 11.9. The number of nitrogens with zero attached hydrogens (tertiary/aromatic N) is 4. The van der Waals surface area contributed by atoms with Gasteiger partial charge in [-0.3, -0.25) is 4.79 Å². The van der Waals surface area contributed by atoms with E-state index in [0.29, 0.717) is 6.54 Å². The molecule has 170 valence electrons. The molecule has 0 spiro atoms. The van der Waals surface area contributed by atoms with Gasteiger partial charge in [-0.25, -0.2) is 4.99 Å². The molecule has 0 unspecified atom stereocenters. The molecular formula is C22H32IN5O3. The van der Waals surface area contributed by atoms with Crippen LogP contribution < -0.4 is 15.0 Å². The number of hydrogen-bond acceptors (Lipinski definition) is 5. The highest BCUT2D eigenvalue weighted by Gasteiger charge is 2.22. The molecule has 0 atom stereocenters. The molecule has 3 rings (SSSR count). The van der Waals surface area contributed by atoms with Gasteiger partial charge < -0.3 is 29.2 Å². The molecule has 2 aromatic rings. The van der Waals surface area contributed by atoms with Gasteiger partial charge in [0.15, 0.2) is 5.96 Å². The number of furan rings is 1. The molecule has 1 aromatic heterocycles. The average Bonchev–Trinajstić information content (AvgIpc) is 3.29. The molecule has 2 heterocycles. The third-order valence-electron chi connectivity index (χ3n) is 5.10. The maximum atomic E-state index is 12.0. The van der Waals surface area contributed by atoms with E-state index in [1.54, 1.807) is 32.4 Å². The van der Waals surface area contributed by atoms with Crippen molar-refractivity contribution in [1.82, 2.24) is 15.1 Å². The van der Waals surface area contributed by atoms with Crippen LogP contribution >= 0.6 is 24.0 Å². The van der Waals surface area contributed by atoms with Crippen molar-refractivity contribution in [2.75, 3.05) is 65.4 Å². The quantitative estimate of drug-likeness (QED) is 0.330. The fraction of sp³-hybridized carbons (Fsp3) is 0.455. The lowest BCUT2D eigenvalue weighted by atomic mass is 10.2. The molecule has 1 aliphatic heterocycles. The summed E-state index contributed by atoms with van der Waals surface area (Å²) in [7, 11) is 5.19. The Morgan fingerprint density at radius 3 is 2.55 bits per heavy atom. The van der Waals surface area contributed by atoms with E-state index in [9.17, 15) is 4.79 Å². The number of nitrogens with one attached hydrogen (secondary N) is 1. The van der Waals surface area contributed by atoms with Crippen LogP contribution in [0.2, 0.25) is 0 Å². The van der Waals surface area contributed by atoms with E-state index in [2.05, 4.69) is 26.2 Å². The Hall–Kier alpha value is -2.43. The summed E-state index contributed by atoms with van der Waals surface area (Å²) in [5, 5.41) is 3.40. The van der Waals surface area contributed by atoms with E-state index in [0.717, 1.165) is 55.8 Å². The van der Waals surface area contributed by atoms with Crippen molar-refractivity contribution < 1.29 is 13.9 Å². The number of carbonyl (C=O) groups is 1. The monoisotopic (exact) mass is 541 g/mol. The van der Waals surface area contributed by atoms with Crippen molar-refractivity contribution in [2.45, 2.75) is 6.42 Å². The first-order chi connectivity index (χ1) is 14.6. The Bertz CT molecular complexity index is 833. The molecule has 1 fully saturated rings. The van der Waals surface area contributed by atoms with Crippen LogP contribution in [0.25, 0.3) is 0 Å². The van der Waals surface area contributed by atoms with Gasteiger partial charge >= 0.3 is 0 Å². The molecule has 31 heavy (non-hydrogen) atoms. The number of piperazine rings is 1. The number of para-hydroxylation sites is 2. The predicted molar refractivity (Wildman–Crippen MR) is 134 cm³/mol. The zero-order valence-electron chi connectivity index (χ0n) is 18.4. The summed E-state index contributed by atoms with van der Waals surface area (Å²) in [5.41, 5.74) is 1.10. The first-order valence-electron chi connectivity index (χ1n) is 10.2. The molecule has 1 amide bonds. The van der Waals surface area contributed by atoms with E-state index in [-0.39, 0.29) is 36.4 Å². The summed E-state index contributed by atoms with van der Waals surface area (Å²) >= 11 is 0. The van der Waals surface area contributed by atoms with E-state index >= 15 is 0 Å². The summed E-state index contributed by atoms with van der Waals surface area (Å²) in [6.45, 7) is 4.13. The zero-order valence-corrected chi connectivity index (χ0v) is 20.7. The Morgan fingerprint density at radius 1 is 1.16 bits per heavy atom. The lowest BCUT2D eigenvalue weighted by molar-refractivity contribution is -0.127. The maximum absolute atomic E-state index is 12.0. The molecule has 0 bridgehead atoms. The lowest BCUT2D eigenvalue weighted by Crippen LogP contribution is -2.53. The average molecular weight is 541 g/mol. The number of carbonyl (C=O) groups excluding carboxylic acids is 1. The fourth-order valence-corrected chi connectivity index (χ4v) is 3.35. The summed E-state index contributed by atoms with van der Waals surface area (Å²) in [4.78, 5) is 22.7. The topological polar surface area (TPSA) is 73.6 Å².